The number of halogens is 1. The van der Waals surface area contributed by atoms with Gasteiger partial charge in [-0.25, -0.2) is 9.59 Å². The van der Waals surface area contributed by atoms with Gasteiger partial charge >= 0.3 is 12.1 Å². The van der Waals surface area contributed by atoms with Gasteiger partial charge in [0.05, 0.1) is 18.4 Å². The van der Waals surface area contributed by atoms with Gasteiger partial charge in [0.1, 0.15) is 18.0 Å². The highest BCUT2D eigenvalue weighted by atomic mass is 127. The lowest BCUT2D eigenvalue weighted by Crippen LogP contribution is -2.27. The smallest absolute Gasteiger partial charge is 0.412 e. The van der Waals surface area contributed by atoms with E-state index in [-0.39, 0.29) is 0 Å². The standard InChI is InChI=1S/C24H24INO5/c1-24(2,3)31-23(28)26-19-13-20(30-14-15-8-6-5-7-9-15)18-12-16(22(27)29-4)10-11-17(18)21(19)25/h5-13H,14H2,1-4H3,(H,26,28). The van der Waals surface area contributed by atoms with Crippen molar-refractivity contribution in [3.8, 4) is 5.75 Å². The number of carbonyl (C=O) groups is 2. The minimum atomic E-state index is -0.617. The Morgan fingerprint density at radius 3 is 2.35 bits per heavy atom. The molecule has 6 nitrogen and oxygen atoms in total. The number of benzene rings is 3. The lowest BCUT2D eigenvalue weighted by molar-refractivity contribution is 0.0598. The number of fused-ring (bicyclic) bond motifs is 1. The maximum atomic E-state index is 12.4. The predicted molar refractivity (Wildman–Crippen MR) is 129 cm³/mol. The Kier molecular flexibility index (Phi) is 7.04. The molecular formula is C24H24INO5. The van der Waals surface area contributed by atoms with Gasteiger partial charge in [0.15, 0.2) is 0 Å². The molecule has 0 saturated carbocycles. The fraction of sp³-hybridized carbons (Fsp3) is 0.250. The summed E-state index contributed by atoms with van der Waals surface area (Å²) in [6, 6.07) is 16.7. The Labute approximate surface area is 195 Å². The van der Waals surface area contributed by atoms with E-state index in [0.29, 0.717) is 23.6 Å². The number of methoxy groups -OCH3 is 1. The maximum Gasteiger partial charge on any atom is 0.412 e. The zero-order valence-electron chi connectivity index (χ0n) is 17.8. The summed E-state index contributed by atoms with van der Waals surface area (Å²) in [5.74, 6) is 0.109. The van der Waals surface area contributed by atoms with Gasteiger partial charge in [-0.1, -0.05) is 36.4 Å². The number of ether oxygens (including phenoxy) is 3. The van der Waals surface area contributed by atoms with Crippen LogP contribution < -0.4 is 10.1 Å². The van der Waals surface area contributed by atoms with Crippen LogP contribution in [-0.2, 0) is 16.1 Å². The number of nitrogens with one attached hydrogen (secondary N) is 1. The second-order valence-corrected chi connectivity index (χ2v) is 8.97. The van der Waals surface area contributed by atoms with Gasteiger partial charge in [0.25, 0.3) is 0 Å². The quantitative estimate of drug-likeness (QED) is 0.314. The van der Waals surface area contributed by atoms with Crippen LogP contribution in [0.5, 0.6) is 5.75 Å². The molecule has 0 heterocycles. The fourth-order valence-corrected chi connectivity index (χ4v) is 3.72. The first kappa shape index (κ1) is 22.9. The highest BCUT2D eigenvalue weighted by molar-refractivity contribution is 14.1. The van der Waals surface area contributed by atoms with Gasteiger partial charge in [-0.3, -0.25) is 5.32 Å². The molecule has 0 unspecified atom stereocenters. The van der Waals surface area contributed by atoms with Crippen LogP contribution in [0.15, 0.2) is 54.6 Å². The van der Waals surface area contributed by atoms with E-state index in [1.54, 1.807) is 39.0 Å². The third-order valence-electron chi connectivity index (χ3n) is 4.33. The van der Waals surface area contributed by atoms with E-state index in [0.717, 1.165) is 19.9 Å². The summed E-state index contributed by atoms with van der Waals surface area (Å²) in [7, 11) is 1.34. The normalized spacial score (nSPS) is 11.1. The highest BCUT2D eigenvalue weighted by Crippen LogP contribution is 2.37. The van der Waals surface area contributed by atoms with Gasteiger partial charge in [0, 0.05) is 20.4 Å². The van der Waals surface area contributed by atoms with Gasteiger partial charge in [-0.15, -0.1) is 0 Å². The molecule has 0 aromatic heterocycles. The summed E-state index contributed by atoms with van der Waals surface area (Å²) in [4.78, 5) is 24.4. The Hall–Kier alpha value is -2.81. The summed E-state index contributed by atoms with van der Waals surface area (Å²) >= 11 is 2.16. The first-order chi connectivity index (χ1) is 14.7. The van der Waals surface area contributed by atoms with Crippen molar-refractivity contribution >= 4 is 51.1 Å². The van der Waals surface area contributed by atoms with Crippen LogP contribution >= 0.6 is 22.6 Å². The number of hydrogen-bond donors (Lipinski definition) is 1. The molecule has 0 spiro atoms. The summed E-state index contributed by atoms with van der Waals surface area (Å²) in [6.45, 7) is 5.76. The molecule has 0 aliphatic heterocycles. The van der Waals surface area contributed by atoms with Crippen LogP contribution in [0.1, 0.15) is 36.7 Å². The largest absolute Gasteiger partial charge is 0.488 e. The fourth-order valence-electron chi connectivity index (χ4n) is 2.96. The Balaban J connectivity index is 2.03. The Morgan fingerprint density at radius 2 is 1.71 bits per heavy atom. The van der Waals surface area contributed by atoms with Crippen molar-refractivity contribution in [2.24, 2.45) is 0 Å². The topological polar surface area (TPSA) is 73.9 Å². The van der Waals surface area contributed by atoms with Gasteiger partial charge in [-0.2, -0.15) is 0 Å². The summed E-state index contributed by atoms with van der Waals surface area (Å²) in [5, 5.41) is 4.39. The third-order valence-corrected chi connectivity index (χ3v) is 5.49. The molecule has 0 aliphatic carbocycles. The number of rotatable bonds is 5. The van der Waals surface area contributed by atoms with E-state index in [9.17, 15) is 9.59 Å². The van der Waals surface area contributed by atoms with Crippen molar-refractivity contribution in [3.63, 3.8) is 0 Å². The monoisotopic (exact) mass is 533 g/mol. The van der Waals surface area contributed by atoms with Crippen LogP contribution in [0.4, 0.5) is 10.5 Å². The second-order valence-electron chi connectivity index (χ2n) is 7.89. The second kappa shape index (κ2) is 9.55. The molecule has 0 radical (unpaired) electrons. The molecule has 3 rings (SSSR count). The van der Waals surface area contributed by atoms with Crippen molar-refractivity contribution in [3.05, 3.63) is 69.3 Å². The molecule has 0 saturated heterocycles. The number of hydrogen-bond acceptors (Lipinski definition) is 5. The van der Waals surface area contributed by atoms with Gasteiger partial charge in [-0.05, 0) is 61.1 Å². The molecule has 0 aliphatic rings. The number of amides is 1. The molecule has 3 aromatic rings. The molecule has 0 fully saturated rings. The molecule has 7 heteroatoms. The van der Waals surface area contributed by atoms with Crippen molar-refractivity contribution < 1.29 is 23.8 Å². The van der Waals surface area contributed by atoms with Crippen LogP contribution in [0.25, 0.3) is 10.8 Å². The molecule has 1 N–H and O–H groups in total. The molecule has 3 aromatic carbocycles. The zero-order valence-corrected chi connectivity index (χ0v) is 20.0. The van der Waals surface area contributed by atoms with Crippen molar-refractivity contribution in [1.29, 1.82) is 0 Å². The average molecular weight is 533 g/mol. The molecule has 1 amide bonds. The lowest BCUT2D eigenvalue weighted by Gasteiger charge is -2.21. The van der Waals surface area contributed by atoms with Crippen molar-refractivity contribution in [2.75, 3.05) is 12.4 Å². The first-order valence-electron chi connectivity index (χ1n) is 9.69. The van der Waals surface area contributed by atoms with E-state index in [1.165, 1.54) is 7.11 Å². The van der Waals surface area contributed by atoms with Crippen LogP contribution in [0.3, 0.4) is 0 Å². The SMILES string of the molecule is COC(=O)c1ccc2c(I)c(NC(=O)OC(C)(C)C)cc(OCc3ccccc3)c2c1. The molecule has 0 atom stereocenters. The zero-order chi connectivity index (χ0) is 22.6. The highest BCUT2D eigenvalue weighted by Gasteiger charge is 2.20. The molecule has 162 valence electrons. The van der Waals surface area contributed by atoms with Gasteiger partial charge in [0.2, 0.25) is 0 Å². The Morgan fingerprint density at radius 1 is 1.00 bits per heavy atom. The number of carbonyl (C=O) groups excluding carboxylic acids is 2. The van der Waals surface area contributed by atoms with Crippen molar-refractivity contribution in [2.45, 2.75) is 33.0 Å². The minimum absolute atomic E-state index is 0.338. The van der Waals surface area contributed by atoms with Crippen LogP contribution in [0.2, 0.25) is 0 Å². The maximum absolute atomic E-state index is 12.4. The van der Waals surface area contributed by atoms with Gasteiger partial charge < -0.3 is 14.2 Å². The molecular weight excluding hydrogens is 509 g/mol. The van der Waals surface area contributed by atoms with E-state index >= 15 is 0 Å². The number of anilines is 1. The first-order valence-corrected chi connectivity index (χ1v) is 10.8. The van der Waals surface area contributed by atoms with E-state index < -0.39 is 17.7 Å². The van der Waals surface area contributed by atoms with E-state index in [1.807, 2.05) is 36.4 Å². The minimum Gasteiger partial charge on any atom is -0.488 e. The summed E-state index contributed by atoms with van der Waals surface area (Å²) in [6.07, 6.45) is -0.551. The summed E-state index contributed by atoms with van der Waals surface area (Å²) in [5.41, 5.74) is 1.37. The van der Waals surface area contributed by atoms with E-state index in [4.69, 9.17) is 14.2 Å². The molecule has 0 bridgehead atoms. The predicted octanol–water partition coefficient (Wildman–Crippen LogP) is 6.16. The average Bonchev–Trinajstić information content (AvgIpc) is 2.73. The lowest BCUT2D eigenvalue weighted by atomic mass is 10.0. The van der Waals surface area contributed by atoms with Crippen molar-refractivity contribution in [1.82, 2.24) is 0 Å². The van der Waals surface area contributed by atoms with Crippen LogP contribution in [0, 0.1) is 3.57 Å². The summed E-state index contributed by atoms with van der Waals surface area (Å²) < 4.78 is 17.2. The third kappa shape index (κ3) is 5.88. The Bertz CT molecular complexity index is 1110. The van der Waals surface area contributed by atoms with E-state index in [2.05, 4.69) is 27.9 Å². The molecule has 31 heavy (non-hydrogen) atoms. The number of esters is 1. The van der Waals surface area contributed by atoms with Crippen LogP contribution in [-0.4, -0.2) is 24.8 Å².